The summed E-state index contributed by atoms with van der Waals surface area (Å²) in [4.78, 5) is 9.23. The Morgan fingerprint density at radius 3 is 1.91 bits per heavy atom. The van der Waals surface area contributed by atoms with E-state index in [2.05, 4.69) is 25.3 Å². The topological polar surface area (TPSA) is 57.3 Å². The highest BCUT2D eigenvalue weighted by Crippen LogP contribution is 1.79. The molecule has 0 unspecified atom stereocenters. The van der Waals surface area contributed by atoms with Gasteiger partial charge in [0, 0.05) is 12.7 Å². The molecular formula is C6H12N3O2-. The lowest BCUT2D eigenvalue weighted by Gasteiger charge is -1.99. The van der Waals surface area contributed by atoms with Crippen LogP contribution in [0.4, 0.5) is 0 Å². The molecule has 64 valence electrons. The van der Waals surface area contributed by atoms with E-state index in [9.17, 15) is 0 Å². The predicted octanol–water partition coefficient (Wildman–Crippen LogP) is 1.32. The molecule has 0 aromatic carbocycles. The summed E-state index contributed by atoms with van der Waals surface area (Å²) in [6.07, 6.45) is 2.51. The van der Waals surface area contributed by atoms with Crippen LogP contribution in [0.2, 0.25) is 0 Å². The van der Waals surface area contributed by atoms with Crippen molar-refractivity contribution in [3.63, 3.8) is 0 Å². The van der Waals surface area contributed by atoms with Crippen molar-refractivity contribution in [3.8, 4) is 0 Å². The van der Waals surface area contributed by atoms with Gasteiger partial charge in [-0.3, -0.25) is 0 Å². The first-order valence-corrected chi connectivity index (χ1v) is 3.39. The Morgan fingerprint density at radius 1 is 1.09 bits per heavy atom. The summed E-state index contributed by atoms with van der Waals surface area (Å²) in [5.41, 5.74) is 0. The maximum atomic E-state index is 4.61. The van der Waals surface area contributed by atoms with Gasteiger partial charge in [-0.25, -0.2) is 10.3 Å². The molecule has 0 heterocycles. The van der Waals surface area contributed by atoms with Crippen molar-refractivity contribution in [3.05, 3.63) is 5.32 Å². The second-order valence-corrected chi connectivity index (χ2v) is 1.43. The van der Waals surface area contributed by atoms with Gasteiger partial charge in [0.05, 0.1) is 13.2 Å². The smallest absolute Gasteiger partial charge is 0.0963 e. The molecule has 0 N–H and O–H groups in total. The molecule has 0 spiro atoms. The molecule has 5 nitrogen and oxygen atoms in total. The van der Waals surface area contributed by atoms with E-state index in [1.54, 1.807) is 0 Å². The molecule has 0 radical (unpaired) electrons. The molecule has 0 aromatic heterocycles. The molecule has 0 atom stereocenters. The SMILES string of the molecule is CCO/N=C/[N-]/C=N/OCC. The Labute approximate surface area is 66.0 Å². The van der Waals surface area contributed by atoms with Gasteiger partial charge < -0.3 is 15.0 Å². The van der Waals surface area contributed by atoms with Gasteiger partial charge in [0.25, 0.3) is 0 Å². The summed E-state index contributed by atoms with van der Waals surface area (Å²) in [5.74, 6) is 0. The highest BCUT2D eigenvalue weighted by Gasteiger charge is 1.63. The van der Waals surface area contributed by atoms with E-state index in [0.717, 1.165) is 0 Å². The lowest BCUT2D eigenvalue weighted by molar-refractivity contribution is 0.159. The van der Waals surface area contributed by atoms with E-state index in [0.29, 0.717) is 13.2 Å². The minimum Gasteiger partial charge on any atom is -0.461 e. The fourth-order valence-electron chi connectivity index (χ4n) is 0.300. The monoisotopic (exact) mass is 158 g/mol. The Bertz CT molecular complexity index is 111. The van der Waals surface area contributed by atoms with Crippen LogP contribution in [-0.2, 0) is 9.68 Å². The van der Waals surface area contributed by atoms with Crippen LogP contribution in [0.1, 0.15) is 13.8 Å². The minimum atomic E-state index is 0.536. The van der Waals surface area contributed by atoms with Crippen LogP contribution >= 0.6 is 0 Å². The van der Waals surface area contributed by atoms with Crippen LogP contribution in [-0.4, -0.2) is 25.9 Å². The standard InChI is InChI=1S/C6H12N3O2/c1-3-10-8-5-7-6-9-11-4-2/h5-6H,3-4H2,1-2H3/q-1. The van der Waals surface area contributed by atoms with Crippen LogP contribution in [0.5, 0.6) is 0 Å². The second kappa shape index (κ2) is 8.74. The van der Waals surface area contributed by atoms with Crippen LogP contribution in [0.15, 0.2) is 10.3 Å². The lowest BCUT2D eigenvalue weighted by atomic mass is 10.9. The van der Waals surface area contributed by atoms with Crippen LogP contribution in [0.25, 0.3) is 5.32 Å². The van der Waals surface area contributed by atoms with E-state index in [4.69, 9.17) is 0 Å². The zero-order valence-corrected chi connectivity index (χ0v) is 6.73. The Morgan fingerprint density at radius 2 is 1.55 bits per heavy atom. The molecule has 0 amide bonds. The minimum absolute atomic E-state index is 0.536. The summed E-state index contributed by atoms with van der Waals surface area (Å²) >= 11 is 0. The Kier molecular flexibility index (Phi) is 7.74. The van der Waals surface area contributed by atoms with E-state index in [-0.39, 0.29) is 0 Å². The van der Waals surface area contributed by atoms with Gasteiger partial charge in [0.15, 0.2) is 0 Å². The molecule has 0 bridgehead atoms. The van der Waals surface area contributed by atoms with Gasteiger partial charge in [-0.2, -0.15) is 0 Å². The molecule has 5 heteroatoms. The average molecular weight is 158 g/mol. The van der Waals surface area contributed by atoms with Crippen molar-refractivity contribution in [2.75, 3.05) is 13.2 Å². The molecular weight excluding hydrogens is 146 g/mol. The number of hydrogen-bond donors (Lipinski definition) is 0. The number of oxime groups is 2. The van der Waals surface area contributed by atoms with Crippen molar-refractivity contribution < 1.29 is 9.68 Å². The van der Waals surface area contributed by atoms with Gasteiger partial charge >= 0.3 is 0 Å². The molecule has 0 aliphatic heterocycles. The second-order valence-electron chi connectivity index (χ2n) is 1.43. The maximum absolute atomic E-state index is 4.61. The Balaban J connectivity index is 3.11. The summed E-state index contributed by atoms with van der Waals surface area (Å²) in [6.45, 7) is 4.75. The summed E-state index contributed by atoms with van der Waals surface area (Å²) in [5, 5.41) is 10.5. The van der Waals surface area contributed by atoms with Gasteiger partial charge in [-0.1, -0.05) is 0 Å². The van der Waals surface area contributed by atoms with Gasteiger partial charge in [0.2, 0.25) is 0 Å². The van der Waals surface area contributed by atoms with Gasteiger partial charge in [-0.05, 0) is 13.8 Å². The largest absolute Gasteiger partial charge is 0.461 e. The molecule has 0 aliphatic rings. The normalized spacial score (nSPS) is 10.7. The third kappa shape index (κ3) is 8.74. The maximum Gasteiger partial charge on any atom is 0.0963 e. The number of nitrogens with zero attached hydrogens (tertiary/aromatic N) is 3. The molecule has 0 saturated heterocycles. The van der Waals surface area contributed by atoms with Gasteiger partial charge in [-0.15, -0.1) is 0 Å². The first kappa shape index (κ1) is 9.74. The fraction of sp³-hybridized carbons (Fsp3) is 0.667. The highest BCUT2D eigenvalue weighted by molar-refractivity contribution is 5.94. The van der Waals surface area contributed by atoms with Gasteiger partial charge in [0.1, 0.15) is 0 Å². The van der Waals surface area contributed by atoms with E-state index in [1.165, 1.54) is 12.7 Å². The first-order valence-electron chi connectivity index (χ1n) is 3.39. The Hall–Kier alpha value is -1.26. The number of hydrogen-bond acceptors (Lipinski definition) is 4. The molecule has 0 aromatic rings. The zero-order chi connectivity index (χ0) is 8.36. The predicted molar refractivity (Wildman–Crippen MR) is 43.6 cm³/mol. The number of rotatable bonds is 6. The van der Waals surface area contributed by atoms with Crippen molar-refractivity contribution in [2.45, 2.75) is 13.8 Å². The van der Waals surface area contributed by atoms with Crippen LogP contribution in [0, 0.1) is 0 Å². The molecule has 0 aliphatic carbocycles. The van der Waals surface area contributed by atoms with Crippen molar-refractivity contribution in [1.82, 2.24) is 0 Å². The first-order chi connectivity index (χ1) is 5.41. The van der Waals surface area contributed by atoms with Crippen molar-refractivity contribution in [1.29, 1.82) is 0 Å². The fourth-order valence-corrected chi connectivity index (χ4v) is 0.300. The molecule has 0 fully saturated rings. The van der Waals surface area contributed by atoms with Crippen molar-refractivity contribution >= 4 is 12.7 Å². The quantitative estimate of drug-likeness (QED) is 0.332. The van der Waals surface area contributed by atoms with Crippen LogP contribution in [0.3, 0.4) is 0 Å². The molecule has 0 saturated carbocycles. The third-order valence-electron chi connectivity index (χ3n) is 0.635. The highest BCUT2D eigenvalue weighted by atomic mass is 16.6. The lowest BCUT2D eigenvalue weighted by Crippen LogP contribution is -1.82. The summed E-state index contributed by atoms with van der Waals surface area (Å²) < 4.78 is 0. The van der Waals surface area contributed by atoms with Crippen molar-refractivity contribution in [2.24, 2.45) is 10.3 Å². The van der Waals surface area contributed by atoms with E-state index >= 15 is 0 Å². The zero-order valence-electron chi connectivity index (χ0n) is 6.73. The van der Waals surface area contributed by atoms with E-state index in [1.807, 2.05) is 13.8 Å². The average Bonchev–Trinajstić information content (AvgIpc) is 2.03. The molecule has 11 heavy (non-hydrogen) atoms. The third-order valence-corrected chi connectivity index (χ3v) is 0.635. The summed E-state index contributed by atoms with van der Waals surface area (Å²) in [6, 6.07) is 0. The molecule has 0 rings (SSSR count). The van der Waals surface area contributed by atoms with E-state index < -0.39 is 0 Å². The van der Waals surface area contributed by atoms with Crippen LogP contribution < -0.4 is 0 Å². The summed E-state index contributed by atoms with van der Waals surface area (Å²) in [7, 11) is 0.